The molecule has 120 valence electrons. The van der Waals surface area contributed by atoms with Gasteiger partial charge < -0.3 is 9.72 Å². The summed E-state index contributed by atoms with van der Waals surface area (Å²) in [6, 6.07) is 4.19. The molecule has 1 unspecified atom stereocenters. The van der Waals surface area contributed by atoms with Crippen LogP contribution in [0.5, 0.6) is 0 Å². The molecule has 1 aromatic heterocycles. The van der Waals surface area contributed by atoms with E-state index in [2.05, 4.69) is 9.97 Å². The summed E-state index contributed by atoms with van der Waals surface area (Å²) in [4.78, 5) is 6.86. The maximum absolute atomic E-state index is 13.3. The number of ether oxygens (including phenoxy) is 1. The number of rotatable bonds is 5. The molecule has 0 bridgehead atoms. The predicted octanol–water partition coefficient (Wildman–Crippen LogP) is 3.12. The maximum atomic E-state index is 13.3. The molecule has 0 aliphatic carbocycles. The van der Waals surface area contributed by atoms with Crippen molar-refractivity contribution < 1.29 is 17.5 Å². The van der Waals surface area contributed by atoms with Gasteiger partial charge in [0.2, 0.25) is 0 Å². The zero-order chi connectivity index (χ0) is 16.5. The van der Waals surface area contributed by atoms with Crippen molar-refractivity contribution in [2.45, 2.75) is 31.1 Å². The Labute approximate surface area is 133 Å². The molecule has 0 spiro atoms. The second-order valence-corrected chi connectivity index (χ2v) is 7.50. The molecule has 2 rings (SSSR count). The van der Waals surface area contributed by atoms with Crippen molar-refractivity contribution in [1.82, 2.24) is 9.97 Å². The van der Waals surface area contributed by atoms with Crippen LogP contribution in [0.4, 0.5) is 4.39 Å². The van der Waals surface area contributed by atoms with Gasteiger partial charge in [-0.25, -0.2) is 17.8 Å². The predicted molar refractivity (Wildman–Crippen MR) is 81.2 cm³/mol. The molecule has 0 amide bonds. The van der Waals surface area contributed by atoms with Crippen molar-refractivity contribution >= 4 is 21.4 Å². The van der Waals surface area contributed by atoms with Crippen LogP contribution < -0.4 is 0 Å². The number of sulfone groups is 1. The number of halogens is 2. The van der Waals surface area contributed by atoms with E-state index in [4.69, 9.17) is 16.3 Å². The zero-order valence-corrected chi connectivity index (χ0v) is 13.9. The van der Waals surface area contributed by atoms with Crippen molar-refractivity contribution in [1.29, 1.82) is 0 Å². The molecule has 1 atom stereocenters. The van der Waals surface area contributed by atoms with Crippen LogP contribution >= 0.6 is 11.6 Å². The second-order valence-electron chi connectivity index (χ2n) is 5.13. The van der Waals surface area contributed by atoms with Crippen molar-refractivity contribution in [3.8, 4) is 0 Å². The highest BCUT2D eigenvalue weighted by Gasteiger charge is 2.23. The van der Waals surface area contributed by atoms with E-state index in [1.165, 1.54) is 24.4 Å². The summed E-state index contributed by atoms with van der Waals surface area (Å²) < 4.78 is 42.2. The molecule has 8 heteroatoms. The summed E-state index contributed by atoms with van der Waals surface area (Å²) in [7, 11) is -3.43. The number of imidazole rings is 1. The third kappa shape index (κ3) is 3.85. The Bertz CT molecular complexity index is 774. The molecule has 0 aliphatic rings. The van der Waals surface area contributed by atoms with Crippen LogP contribution in [0, 0.1) is 5.82 Å². The van der Waals surface area contributed by atoms with Gasteiger partial charge in [-0.2, -0.15) is 0 Å². The van der Waals surface area contributed by atoms with Gasteiger partial charge in [0, 0.05) is 12.5 Å². The molecular weight excluding hydrogens is 331 g/mol. The first-order chi connectivity index (χ1) is 10.2. The van der Waals surface area contributed by atoms with E-state index in [1.54, 1.807) is 0 Å². The topological polar surface area (TPSA) is 72.0 Å². The second kappa shape index (κ2) is 6.36. The van der Waals surface area contributed by atoms with Crippen LogP contribution in [-0.4, -0.2) is 30.7 Å². The molecule has 22 heavy (non-hydrogen) atoms. The Morgan fingerprint density at radius 3 is 2.55 bits per heavy atom. The molecule has 0 aliphatic heterocycles. The quantitative estimate of drug-likeness (QED) is 0.902. The van der Waals surface area contributed by atoms with Gasteiger partial charge in [0.25, 0.3) is 0 Å². The first kappa shape index (κ1) is 16.9. The number of benzene rings is 1. The van der Waals surface area contributed by atoms with Crippen molar-refractivity contribution in [2.75, 3.05) is 6.26 Å². The fraction of sp³-hybridized carbons (Fsp3) is 0.357. The lowest BCUT2D eigenvalue weighted by molar-refractivity contribution is 0.0258. The molecule has 1 aromatic carbocycles. The van der Waals surface area contributed by atoms with E-state index in [1.807, 2.05) is 13.8 Å². The highest BCUT2D eigenvalue weighted by Crippen LogP contribution is 2.29. The average molecular weight is 347 g/mol. The lowest BCUT2D eigenvalue weighted by Crippen LogP contribution is -2.14. The van der Waals surface area contributed by atoms with E-state index < -0.39 is 21.8 Å². The smallest absolute Gasteiger partial charge is 0.194 e. The summed E-state index contributed by atoms with van der Waals surface area (Å²) in [5.41, 5.74) is 0.578. The number of aromatic amines is 1. The minimum absolute atomic E-state index is 0.0373. The van der Waals surface area contributed by atoms with Crippen molar-refractivity contribution in [3.63, 3.8) is 0 Å². The first-order valence-corrected chi connectivity index (χ1v) is 8.81. The number of nitrogens with zero attached hydrogens (tertiary/aromatic N) is 1. The van der Waals surface area contributed by atoms with Crippen LogP contribution in [0.15, 0.2) is 29.4 Å². The molecule has 0 saturated heterocycles. The molecule has 0 fully saturated rings. The van der Waals surface area contributed by atoms with Gasteiger partial charge >= 0.3 is 0 Å². The third-order valence-electron chi connectivity index (χ3n) is 2.86. The molecule has 0 saturated carbocycles. The van der Waals surface area contributed by atoms with Crippen LogP contribution in [-0.2, 0) is 14.6 Å². The minimum Gasteiger partial charge on any atom is -0.363 e. The Kier molecular flexibility index (Phi) is 4.89. The Balaban J connectivity index is 2.46. The largest absolute Gasteiger partial charge is 0.363 e. The van der Waals surface area contributed by atoms with Crippen LogP contribution in [0.1, 0.15) is 31.3 Å². The van der Waals surface area contributed by atoms with E-state index >= 15 is 0 Å². The number of nitrogens with one attached hydrogen (secondary N) is 1. The normalized spacial score (nSPS) is 13.5. The minimum atomic E-state index is -3.43. The maximum Gasteiger partial charge on any atom is 0.194 e. The summed E-state index contributed by atoms with van der Waals surface area (Å²) in [6.45, 7) is 3.66. The van der Waals surface area contributed by atoms with Gasteiger partial charge in [-0.05, 0) is 31.5 Å². The zero-order valence-electron chi connectivity index (χ0n) is 12.3. The third-order valence-corrected chi connectivity index (χ3v) is 4.12. The fourth-order valence-corrected chi connectivity index (χ4v) is 2.62. The molecular formula is C14H16ClFN2O3S. The highest BCUT2D eigenvalue weighted by atomic mass is 35.5. The number of hydrogen-bond donors (Lipinski definition) is 1. The number of hydrogen-bond acceptors (Lipinski definition) is 4. The molecule has 1 N–H and O–H groups in total. The van der Waals surface area contributed by atoms with Gasteiger partial charge in [-0.1, -0.05) is 17.7 Å². The molecule has 0 radical (unpaired) electrons. The summed E-state index contributed by atoms with van der Waals surface area (Å²) in [5.74, 6) is -0.221. The van der Waals surface area contributed by atoms with E-state index in [0.717, 1.165) is 6.26 Å². The van der Waals surface area contributed by atoms with Crippen LogP contribution in [0.2, 0.25) is 5.02 Å². The standard InChI is InChI=1S/C14H16ClFN2O3S/c1-8(2)21-13(9-4-5-11(16)10(15)6-9)14-17-7-12(18-14)22(3,19)20/h4-8,13H,1-3H3,(H,17,18). The molecule has 5 nitrogen and oxygen atoms in total. The highest BCUT2D eigenvalue weighted by molar-refractivity contribution is 7.90. The lowest BCUT2D eigenvalue weighted by Gasteiger charge is -2.19. The summed E-state index contributed by atoms with van der Waals surface area (Å²) >= 11 is 5.80. The fourth-order valence-electron chi connectivity index (χ4n) is 1.89. The van der Waals surface area contributed by atoms with Crippen LogP contribution in [0.25, 0.3) is 0 Å². The van der Waals surface area contributed by atoms with Gasteiger partial charge in [-0.15, -0.1) is 0 Å². The number of H-pyrrole nitrogens is 1. The average Bonchev–Trinajstić information content (AvgIpc) is 2.88. The van der Waals surface area contributed by atoms with Crippen molar-refractivity contribution in [3.05, 3.63) is 46.6 Å². The van der Waals surface area contributed by atoms with Gasteiger partial charge in [0.15, 0.2) is 14.9 Å². The van der Waals surface area contributed by atoms with Gasteiger partial charge in [-0.3, -0.25) is 0 Å². The first-order valence-electron chi connectivity index (χ1n) is 6.54. The van der Waals surface area contributed by atoms with Gasteiger partial charge in [0.1, 0.15) is 17.7 Å². The monoisotopic (exact) mass is 346 g/mol. The van der Waals surface area contributed by atoms with E-state index in [-0.39, 0.29) is 16.2 Å². The number of aromatic nitrogens is 2. The summed E-state index contributed by atoms with van der Waals surface area (Å²) in [5, 5.41) is -0.113. The van der Waals surface area contributed by atoms with Crippen molar-refractivity contribution in [2.24, 2.45) is 0 Å². The van der Waals surface area contributed by atoms with Crippen LogP contribution in [0.3, 0.4) is 0 Å². The Hall–Kier alpha value is -1.44. The SMILES string of the molecule is CC(C)OC(c1ccc(F)c(Cl)c1)c1nc(S(C)(=O)=O)c[nH]1. The Morgan fingerprint density at radius 1 is 1.36 bits per heavy atom. The van der Waals surface area contributed by atoms with Gasteiger partial charge in [0.05, 0.1) is 11.1 Å². The molecule has 1 heterocycles. The lowest BCUT2D eigenvalue weighted by atomic mass is 10.1. The van der Waals surface area contributed by atoms with E-state index in [9.17, 15) is 12.8 Å². The Morgan fingerprint density at radius 2 is 2.05 bits per heavy atom. The molecule has 2 aromatic rings. The van der Waals surface area contributed by atoms with E-state index in [0.29, 0.717) is 11.4 Å². The summed E-state index contributed by atoms with van der Waals surface area (Å²) in [6.07, 6.45) is 1.54.